The van der Waals surface area contributed by atoms with Crippen molar-refractivity contribution < 1.29 is 37.5 Å². The number of benzene rings is 2. The molecule has 15 heteroatoms. The van der Waals surface area contributed by atoms with Gasteiger partial charge in [0.25, 0.3) is 11.8 Å². The van der Waals surface area contributed by atoms with E-state index in [1.165, 1.54) is 27.6 Å². The van der Waals surface area contributed by atoms with Gasteiger partial charge in [-0.05, 0) is 86.1 Å². The van der Waals surface area contributed by atoms with Crippen LogP contribution in [-0.4, -0.2) is 122 Å². The fraction of sp³-hybridized carbons (Fsp3) is 0.578. The number of aromatic nitrogens is 2. The van der Waals surface area contributed by atoms with Gasteiger partial charge < -0.3 is 28.6 Å². The number of hydrogen-bond donors (Lipinski definition) is 1. The summed E-state index contributed by atoms with van der Waals surface area (Å²) >= 11 is 0. The van der Waals surface area contributed by atoms with Gasteiger partial charge in [0.05, 0.1) is 43.5 Å². The first-order valence-electron chi connectivity index (χ1n) is 21.4. The first-order chi connectivity index (χ1) is 29.0. The van der Waals surface area contributed by atoms with Gasteiger partial charge in [0.15, 0.2) is 0 Å². The number of ether oxygens (including phenoxy) is 5. The van der Waals surface area contributed by atoms with Crippen LogP contribution < -0.4 is 19.1 Å². The largest absolute Gasteiger partial charge is 0.490 e. The van der Waals surface area contributed by atoms with Crippen molar-refractivity contribution in [2.75, 3.05) is 84.0 Å². The molecule has 2 amide bonds. The third-order valence-electron chi connectivity index (χ3n) is 13.2. The van der Waals surface area contributed by atoms with Crippen molar-refractivity contribution in [3.63, 3.8) is 0 Å². The third kappa shape index (κ3) is 9.01. The molecule has 2 fully saturated rings. The summed E-state index contributed by atoms with van der Waals surface area (Å²) < 4.78 is 53.9. The molecule has 1 saturated carbocycles. The number of anilines is 1. The number of rotatable bonds is 8. The number of carbonyl (C=O) groups excluding carboxylic acids is 2. The highest BCUT2D eigenvalue weighted by Crippen LogP contribution is 2.47. The van der Waals surface area contributed by atoms with E-state index in [4.69, 9.17) is 23.7 Å². The molecule has 4 heterocycles. The summed E-state index contributed by atoms with van der Waals surface area (Å²) in [6, 6.07) is 12.2. The minimum absolute atomic E-state index is 0.0945. The van der Waals surface area contributed by atoms with Crippen LogP contribution in [0.15, 0.2) is 59.1 Å². The Morgan fingerprint density at radius 2 is 1.87 bits per heavy atom. The van der Waals surface area contributed by atoms with Crippen molar-refractivity contribution in [1.29, 1.82) is 0 Å². The molecule has 324 valence electrons. The molecule has 3 aliphatic heterocycles. The average molecular weight is 845 g/mol. The van der Waals surface area contributed by atoms with Crippen LogP contribution in [-0.2, 0) is 43.0 Å². The number of morpholine rings is 1. The van der Waals surface area contributed by atoms with Crippen LogP contribution in [0.25, 0.3) is 0 Å². The van der Waals surface area contributed by atoms with E-state index in [0.29, 0.717) is 44.6 Å². The van der Waals surface area contributed by atoms with E-state index in [1.54, 1.807) is 27.3 Å². The number of amides is 2. The fourth-order valence-corrected chi connectivity index (χ4v) is 11.7. The van der Waals surface area contributed by atoms with Gasteiger partial charge in [0.1, 0.15) is 27.8 Å². The van der Waals surface area contributed by atoms with Gasteiger partial charge >= 0.3 is 0 Å². The van der Waals surface area contributed by atoms with E-state index in [-0.39, 0.29) is 40.2 Å². The zero-order valence-electron chi connectivity index (χ0n) is 35.6. The summed E-state index contributed by atoms with van der Waals surface area (Å²) in [5.74, 6) is -0.571. The number of fused-ring (bicyclic) bond motifs is 4. The van der Waals surface area contributed by atoms with E-state index < -0.39 is 33.8 Å². The SMILES string of the molecule is CO[C@H]1/C=C/[C@H](OC)[C@H](C)CS(=O)(NC(=O)c2cn(C)nc2OCCN2CCOCC2)=NC(=O)c2ccc3c(c2)N(C[C@@H]2CC[C@H]21)C[C@@]1(CCCc2cc(C)ccc21)CO3. The Hall–Kier alpha value is -4.28. The molecule has 2 aromatic carbocycles. The lowest BCUT2D eigenvalue weighted by molar-refractivity contribution is 0.0120. The summed E-state index contributed by atoms with van der Waals surface area (Å²) in [5.41, 5.74) is 4.89. The highest BCUT2D eigenvalue weighted by atomic mass is 32.2. The maximum Gasteiger partial charge on any atom is 0.286 e. The Morgan fingerprint density at radius 3 is 2.63 bits per heavy atom. The standard InChI is InChI=1S/C45H60N6O8S/c1-30-8-12-37-32(23-30)7-6-16-45(37)28-51-25-34-9-11-35(34)40(56-5)15-14-39(55-4)31(2)27-60(54,47-42(52)33-10-13-41(59-29-45)38(51)24-33)48-43(53)36-26-49(3)46-44(36)58-22-19-50-17-20-57-21-18-50/h8,10,12-15,23-24,26,31,34-35,39-40H,6-7,9,11,16-22,25,27-29H2,1-5H3,(H,47,48,52,53,54)/b15-14+/t31-,34+,35-,39+,40+,45+,60?/m1/s1. The third-order valence-corrected chi connectivity index (χ3v) is 15.1. The summed E-state index contributed by atoms with van der Waals surface area (Å²) in [7, 11) is 1.27. The van der Waals surface area contributed by atoms with Gasteiger partial charge in [-0.3, -0.25) is 23.9 Å². The minimum Gasteiger partial charge on any atom is -0.490 e. The quantitative estimate of drug-likeness (QED) is 0.302. The molecule has 2 aliphatic carbocycles. The highest BCUT2D eigenvalue weighted by molar-refractivity contribution is 7.92. The second kappa shape index (κ2) is 18.0. The van der Waals surface area contributed by atoms with Crippen LogP contribution in [0.3, 0.4) is 0 Å². The summed E-state index contributed by atoms with van der Waals surface area (Å²) in [5, 5.41) is 4.38. The summed E-state index contributed by atoms with van der Waals surface area (Å²) in [6.45, 7) is 9.86. The molecule has 0 radical (unpaired) electrons. The molecular weight excluding hydrogens is 785 g/mol. The zero-order valence-corrected chi connectivity index (χ0v) is 36.4. The smallest absolute Gasteiger partial charge is 0.286 e. The molecule has 14 nitrogen and oxygen atoms in total. The van der Waals surface area contributed by atoms with Crippen LogP contribution in [0.1, 0.15) is 70.0 Å². The maximum atomic E-state index is 15.1. The van der Waals surface area contributed by atoms with Crippen molar-refractivity contribution >= 4 is 27.4 Å². The van der Waals surface area contributed by atoms with Crippen LogP contribution in [0.5, 0.6) is 11.6 Å². The zero-order chi connectivity index (χ0) is 42.0. The first kappa shape index (κ1) is 42.4. The van der Waals surface area contributed by atoms with E-state index in [1.807, 2.05) is 25.1 Å². The molecule has 1 unspecified atom stereocenters. The lowest BCUT2D eigenvalue weighted by atomic mass is 9.68. The van der Waals surface area contributed by atoms with Crippen molar-refractivity contribution in [3.8, 4) is 11.6 Å². The van der Waals surface area contributed by atoms with Crippen LogP contribution in [0.2, 0.25) is 0 Å². The summed E-state index contributed by atoms with van der Waals surface area (Å²) in [6.07, 6.45) is 10.1. The van der Waals surface area contributed by atoms with Crippen LogP contribution in [0.4, 0.5) is 5.69 Å². The molecule has 7 atom stereocenters. The van der Waals surface area contributed by atoms with E-state index in [9.17, 15) is 9.59 Å². The molecule has 60 heavy (non-hydrogen) atoms. The number of aryl methyl sites for hydroxylation is 3. The predicted molar refractivity (Wildman–Crippen MR) is 229 cm³/mol. The maximum absolute atomic E-state index is 15.1. The van der Waals surface area contributed by atoms with Crippen LogP contribution >= 0.6 is 0 Å². The molecule has 1 aromatic heterocycles. The van der Waals surface area contributed by atoms with Crippen molar-refractivity contribution in [2.45, 2.75) is 63.6 Å². The molecule has 8 rings (SSSR count). The number of methoxy groups -OCH3 is 2. The molecule has 5 aliphatic rings. The van der Waals surface area contributed by atoms with Crippen molar-refractivity contribution in [3.05, 3.63) is 82.6 Å². The first-order valence-corrected chi connectivity index (χ1v) is 23.1. The second-order valence-corrected chi connectivity index (χ2v) is 19.4. The van der Waals surface area contributed by atoms with Gasteiger partial charge in [-0.15, -0.1) is 9.46 Å². The Balaban J connectivity index is 1.15. The molecule has 1 spiro atoms. The van der Waals surface area contributed by atoms with Gasteiger partial charge in [0.2, 0.25) is 5.88 Å². The second-order valence-electron chi connectivity index (χ2n) is 17.4. The highest BCUT2D eigenvalue weighted by Gasteiger charge is 2.44. The number of carbonyl (C=O) groups is 2. The molecule has 3 aromatic rings. The van der Waals surface area contributed by atoms with Crippen molar-refractivity contribution in [1.82, 2.24) is 19.4 Å². The van der Waals surface area contributed by atoms with E-state index >= 15 is 4.21 Å². The fourth-order valence-electron chi connectivity index (χ4n) is 9.83. The lowest BCUT2D eigenvalue weighted by Crippen LogP contribution is -2.49. The van der Waals surface area contributed by atoms with Gasteiger partial charge in [0, 0.05) is 71.2 Å². The van der Waals surface area contributed by atoms with Crippen molar-refractivity contribution in [2.24, 2.45) is 29.2 Å². The van der Waals surface area contributed by atoms with Gasteiger partial charge in [-0.1, -0.05) is 42.8 Å². The molecule has 2 bridgehead atoms. The number of nitrogens with one attached hydrogen (secondary N) is 1. The topological polar surface area (TPSA) is 146 Å². The number of nitrogens with zero attached hydrogens (tertiary/aromatic N) is 5. The van der Waals surface area contributed by atoms with Crippen LogP contribution in [0, 0.1) is 24.7 Å². The van der Waals surface area contributed by atoms with E-state index in [2.05, 4.69) is 55.2 Å². The Labute approximate surface area is 354 Å². The number of hydrogen-bond acceptors (Lipinski definition) is 11. The Morgan fingerprint density at radius 1 is 1.07 bits per heavy atom. The van der Waals surface area contributed by atoms with Gasteiger partial charge in [-0.25, -0.2) is 4.21 Å². The normalized spacial score (nSPS) is 30.2. The van der Waals surface area contributed by atoms with E-state index in [0.717, 1.165) is 64.0 Å². The monoisotopic (exact) mass is 844 g/mol. The minimum atomic E-state index is -3.76. The Kier molecular flexibility index (Phi) is 12.7. The van der Waals surface area contributed by atoms with Gasteiger partial charge in [-0.2, -0.15) is 0 Å². The lowest BCUT2D eigenvalue weighted by Gasteiger charge is -2.46. The predicted octanol–water partition coefficient (Wildman–Crippen LogP) is 5.13. The molecular formula is C45H60N6O8S. The molecule has 1 N–H and O–H groups in total. The summed E-state index contributed by atoms with van der Waals surface area (Å²) in [4.78, 5) is 33.1. The Bertz CT molecular complexity index is 2210. The molecule has 1 saturated heterocycles. The average Bonchev–Trinajstić information content (AvgIpc) is 3.53.